The molecule has 0 bridgehead atoms. The van der Waals surface area contributed by atoms with Crippen LogP contribution in [-0.2, 0) is 22.4 Å². The van der Waals surface area contributed by atoms with E-state index >= 15 is 0 Å². The first-order valence-corrected chi connectivity index (χ1v) is 8.91. The van der Waals surface area contributed by atoms with Gasteiger partial charge in [-0.15, -0.1) is 0 Å². The second-order valence-electron chi connectivity index (χ2n) is 6.52. The van der Waals surface area contributed by atoms with Crippen LogP contribution in [-0.4, -0.2) is 43.7 Å². The Morgan fingerprint density at radius 1 is 1.23 bits per heavy atom. The number of hydrogen-bond donors (Lipinski definition) is 0. The molecule has 138 valence electrons. The molecule has 0 N–H and O–H groups in total. The van der Waals surface area contributed by atoms with Crippen LogP contribution in [0, 0.1) is 5.82 Å². The Kier molecular flexibility index (Phi) is 6.23. The maximum atomic E-state index is 13.3. The van der Waals surface area contributed by atoms with Crippen molar-refractivity contribution in [3.05, 3.63) is 65.5 Å². The fourth-order valence-electron chi connectivity index (χ4n) is 3.23. The number of morpholine rings is 1. The summed E-state index contributed by atoms with van der Waals surface area (Å²) in [4.78, 5) is 14.4. The monoisotopic (exact) mass is 357 g/mol. The highest BCUT2D eigenvalue weighted by Crippen LogP contribution is 2.16. The first-order chi connectivity index (χ1) is 12.6. The van der Waals surface area contributed by atoms with Gasteiger partial charge >= 0.3 is 0 Å². The average molecular weight is 357 g/mol. The number of aryl methyl sites for hydroxylation is 1. The van der Waals surface area contributed by atoms with Crippen LogP contribution in [0.2, 0.25) is 0 Å². The van der Waals surface area contributed by atoms with Crippen LogP contribution in [0.3, 0.4) is 0 Å². The molecule has 1 fully saturated rings. The summed E-state index contributed by atoms with van der Waals surface area (Å²) in [5, 5.41) is 0. The molecule has 1 amide bonds. The third kappa shape index (κ3) is 5.05. The molecule has 0 aliphatic carbocycles. The van der Waals surface area contributed by atoms with E-state index in [9.17, 15) is 9.18 Å². The lowest BCUT2D eigenvalue weighted by Gasteiger charge is -2.33. The standard InChI is InChI=1S/C21H24FNO3/c1-25-19-7-3-4-16(13-19)8-9-21(24)23-10-11-26-20(15-23)14-17-5-2-6-18(22)12-17/h2-7,12-13,20H,8-11,14-15H2,1H3/t20-/m0/s1. The number of methoxy groups -OCH3 is 1. The second kappa shape index (κ2) is 8.81. The van der Waals surface area contributed by atoms with Crippen LogP contribution in [0.25, 0.3) is 0 Å². The maximum Gasteiger partial charge on any atom is 0.223 e. The SMILES string of the molecule is COc1cccc(CCC(=O)N2CCO[C@@H](Cc3cccc(F)c3)C2)c1. The number of amides is 1. The molecule has 1 atom stereocenters. The summed E-state index contributed by atoms with van der Waals surface area (Å²) < 4.78 is 24.3. The van der Waals surface area contributed by atoms with Gasteiger partial charge in [-0.05, 0) is 41.8 Å². The maximum absolute atomic E-state index is 13.3. The Morgan fingerprint density at radius 3 is 2.85 bits per heavy atom. The van der Waals surface area contributed by atoms with Gasteiger partial charge in [0.15, 0.2) is 0 Å². The number of benzene rings is 2. The average Bonchev–Trinajstić information content (AvgIpc) is 2.66. The van der Waals surface area contributed by atoms with E-state index in [0.29, 0.717) is 39.0 Å². The molecule has 2 aromatic rings. The van der Waals surface area contributed by atoms with Gasteiger partial charge in [0.05, 0.1) is 19.8 Å². The topological polar surface area (TPSA) is 38.8 Å². The molecule has 2 aromatic carbocycles. The highest BCUT2D eigenvalue weighted by Gasteiger charge is 2.24. The highest BCUT2D eigenvalue weighted by atomic mass is 19.1. The zero-order valence-electron chi connectivity index (χ0n) is 15.0. The molecular formula is C21H24FNO3. The number of ether oxygens (including phenoxy) is 2. The third-order valence-corrected chi connectivity index (χ3v) is 4.61. The molecule has 4 nitrogen and oxygen atoms in total. The van der Waals surface area contributed by atoms with Gasteiger partial charge in [0.2, 0.25) is 5.91 Å². The van der Waals surface area contributed by atoms with E-state index in [4.69, 9.17) is 9.47 Å². The van der Waals surface area contributed by atoms with Gasteiger partial charge in [-0.2, -0.15) is 0 Å². The minimum Gasteiger partial charge on any atom is -0.497 e. The number of rotatable bonds is 6. The first kappa shape index (κ1) is 18.4. The number of hydrogen-bond acceptors (Lipinski definition) is 3. The Morgan fingerprint density at radius 2 is 2.04 bits per heavy atom. The predicted octanol–water partition coefficient (Wildman–Crippen LogP) is 3.24. The molecule has 1 aliphatic heterocycles. The van der Waals surface area contributed by atoms with Crippen LogP contribution < -0.4 is 4.74 Å². The van der Waals surface area contributed by atoms with Crippen molar-refractivity contribution in [1.82, 2.24) is 4.90 Å². The summed E-state index contributed by atoms with van der Waals surface area (Å²) >= 11 is 0. The molecule has 1 heterocycles. The summed E-state index contributed by atoms with van der Waals surface area (Å²) in [5.41, 5.74) is 1.97. The van der Waals surface area contributed by atoms with Crippen molar-refractivity contribution in [2.45, 2.75) is 25.4 Å². The van der Waals surface area contributed by atoms with Crippen LogP contribution in [0.1, 0.15) is 17.5 Å². The molecule has 1 aliphatic rings. The van der Waals surface area contributed by atoms with E-state index in [1.165, 1.54) is 12.1 Å². The largest absolute Gasteiger partial charge is 0.497 e. The summed E-state index contributed by atoms with van der Waals surface area (Å²) in [6.07, 6.45) is 1.66. The zero-order chi connectivity index (χ0) is 18.4. The molecule has 26 heavy (non-hydrogen) atoms. The Labute approximate surface area is 153 Å². The van der Waals surface area contributed by atoms with E-state index in [-0.39, 0.29) is 17.8 Å². The lowest BCUT2D eigenvalue weighted by Crippen LogP contribution is -2.46. The quantitative estimate of drug-likeness (QED) is 0.797. The number of nitrogens with zero attached hydrogens (tertiary/aromatic N) is 1. The van der Waals surface area contributed by atoms with Crippen LogP contribution in [0.5, 0.6) is 5.75 Å². The fourth-order valence-corrected chi connectivity index (χ4v) is 3.23. The van der Waals surface area contributed by atoms with Gasteiger partial charge in [-0.3, -0.25) is 4.79 Å². The van der Waals surface area contributed by atoms with Gasteiger partial charge in [0.1, 0.15) is 11.6 Å². The van der Waals surface area contributed by atoms with Crippen molar-refractivity contribution in [3.8, 4) is 5.75 Å². The molecule has 0 aromatic heterocycles. The third-order valence-electron chi connectivity index (χ3n) is 4.61. The van der Waals surface area contributed by atoms with Crippen LogP contribution in [0.15, 0.2) is 48.5 Å². The van der Waals surface area contributed by atoms with Gasteiger partial charge in [-0.25, -0.2) is 4.39 Å². The molecule has 5 heteroatoms. The highest BCUT2D eigenvalue weighted by molar-refractivity contribution is 5.76. The fraction of sp³-hybridized carbons (Fsp3) is 0.381. The second-order valence-corrected chi connectivity index (χ2v) is 6.52. The van der Waals surface area contributed by atoms with E-state index in [1.54, 1.807) is 13.2 Å². The van der Waals surface area contributed by atoms with Crippen LogP contribution in [0.4, 0.5) is 4.39 Å². The number of carbonyl (C=O) groups excluding carboxylic acids is 1. The summed E-state index contributed by atoms with van der Waals surface area (Å²) in [5.74, 6) is 0.682. The van der Waals surface area contributed by atoms with Crippen molar-refractivity contribution < 1.29 is 18.7 Å². The molecule has 0 saturated carbocycles. The zero-order valence-corrected chi connectivity index (χ0v) is 15.0. The summed E-state index contributed by atoms with van der Waals surface area (Å²) in [6, 6.07) is 14.3. The van der Waals surface area contributed by atoms with Gasteiger partial charge < -0.3 is 14.4 Å². The molecule has 0 radical (unpaired) electrons. The first-order valence-electron chi connectivity index (χ1n) is 8.91. The molecule has 3 rings (SSSR count). The van der Waals surface area contributed by atoms with E-state index in [0.717, 1.165) is 16.9 Å². The van der Waals surface area contributed by atoms with Gasteiger partial charge in [-0.1, -0.05) is 24.3 Å². The minimum absolute atomic E-state index is 0.0914. The van der Waals surface area contributed by atoms with Crippen molar-refractivity contribution in [2.75, 3.05) is 26.8 Å². The molecule has 0 spiro atoms. The molecular weight excluding hydrogens is 333 g/mol. The Bertz CT molecular complexity index is 750. The van der Waals surface area contributed by atoms with Crippen molar-refractivity contribution >= 4 is 5.91 Å². The normalized spacial score (nSPS) is 17.2. The van der Waals surface area contributed by atoms with Gasteiger partial charge in [0, 0.05) is 25.9 Å². The van der Waals surface area contributed by atoms with Crippen molar-refractivity contribution in [2.24, 2.45) is 0 Å². The Hall–Kier alpha value is -2.40. The van der Waals surface area contributed by atoms with E-state index < -0.39 is 0 Å². The lowest BCUT2D eigenvalue weighted by atomic mass is 10.1. The Balaban J connectivity index is 1.52. The van der Waals surface area contributed by atoms with Crippen LogP contribution >= 0.6 is 0 Å². The lowest BCUT2D eigenvalue weighted by molar-refractivity contribution is -0.138. The predicted molar refractivity (Wildman–Crippen MR) is 97.7 cm³/mol. The summed E-state index contributed by atoms with van der Waals surface area (Å²) in [6.45, 7) is 1.68. The van der Waals surface area contributed by atoms with E-state index in [1.807, 2.05) is 35.2 Å². The molecule has 1 saturated heterocycles. The number of halogens is 1. The van der Waals surface area contributed by atoms with E-state index in [2.05, 4.69) is 0 Å². The minimum atomic E-state index is -0.246. The van der Waals surface area contributed by atoms with Gasteiger partial charge in [0.25, 0.3) is 0 Å². The molecule has 0 unspecified atom stereocenters. The smallest absolute Gasteiger partial charge is 0.223 e. The van der Waals surface area contributed by atoms with Crippen molar-refractivity contribution in [3.63, 3.8) is 0 Å². The summed E-state index contributed by atoms with van der Waals surface area (Å²) in [7, 11) is 1.64. The van der Waals surface area contributed by atoms with Crippen molar-refractivity contribution in [1.29, 1.82) is 0 Å². The number of carbonyl (C=O) groups is 1.